The molecular weight excluding hydrogens is 364 g/mol. The van der Waals surface area contributed by atoms with Crippen LogP contribution in [0.1, 0.15) is 130 Å². The molecule has 0 bridgehead atoms. The summed E-state index contributed by atoms with van der Waals surface area (Å²) < 4.78 is 10.9. The van der Waals surface area contributed by atoms with Crippen molar-refractivity contribution in [1.82, 2.24) is 0 Å². The monoisotopic (exact) mass is 412 g/mol. The Morgan fingerprint density at radius 2 is 0.828 bits per heavy atom. The zero-order valence-corrected chi connectivity index (χ0v) is 19.9. The van der Waals surface area contributed by atoms with E-state index in [1.54, 1.807) is 0 Å². The van der Waals surface area contributed by atoms with Gasteiger partial charge in [0.05, 0.1) is 13.2 Å². The molecule has 29 heavy (non-hydrogen) atoms. The molecule has 172 valence electrons. The van der Waals surface area contributed by atoms with Gasteiger partial charge in [-0.3, -0.25) is 9.59 Å². The van der Waals surface area contributed by atoms with Crippen molar-refractivity contribution < 1.29 is 19.1 Å². The zero-order chi connectivity index (χ0) is 21.8. The van der Waals surface area contributed by atoms with Crippen molar-refractivity contribution in [3.8, 4) is 0 Å². The molecule has 0 radical (unpaired) electrons. The maximum Gasteiger partial charge on any atom is 0.323 e. The molecule has 0 heterocycles. The molecule has 0 saturated heterocycles. The Balaban J connectivity index is 4.03. The summed E-state index contributed by atoms with van der Waals surface area (Å²) in [6.07, 6.45) is 17.5. The maximum atomic E-state index is 12.6. The molecule has 0 aliphatic carbocycles. The van der Waals surface area contributed by atoms with Gasteiger partial charge in [0, 0.05) is 0 Å². The summed E-state index contributed by atoms with van der Waals surface area (Å²) in [6.45, 7) is 8.92. The smallest absolute Gasteiger partial charge is 0.323 e. The fraction of sp³-hybridized carbons (Fsp3) is 0.920. The van der Waals surface area contributed by atoms with Gasteiger partial charge in [-0.15, -0.1) is 0 Å². The van der Waals surface area contributed by atoms with Gasteiger partial charge < -0.3 is 9.47 Å². The zero-order valence-electron chi connectivity index (χ0n) is 19.9. The molecule has 0 aromatic heterocycles. The Labute approximate surface area is 180 Å². The highest BCUT2D eigenvalue weighted by Gasteiger charge is 2.45. The Hall–Kier alpha value is -1.06. The highest BCUT2D eigenvalue weighted by Crippen LogP contribution is 2.30. The fourth-order valence-electron chi connectivity index (χ4n) is 3.64. The Kier molecular flexibility index (Phi) is 18.2. The predicted molar refractivity (Wildman–Crippen MR) is 121 cm³/mol. The van der Waals surface area contributed by atoms with Crippen molar-refractivity contribution in [1.29, 1.82) is 0 Å². The number of hydrogen-bond acceptors (Lipinski definition) is 4. The van der Waals surface area contributed by atoms with Crippen LogP contribution in [0.2, 0.25) is 0 Å². The highest BCUT2D eigenvalue weighted by molar-refractivity contribution is 5.99. The van der Waals surface area contributed by atoms with E-state index in [0.29, 0.717) is 26.1 Å². The van der Waals surface area contributed by atoms with Crippen molar-refractivity contribution >= 4 is 11.9 Å². The van der Waals surface area contributed by atoms with E-state index in [1.807, 2.05) is 13.8 Å². The number of ether oxygens (including phenoxy) is 2. The summed E-state index contributed by atoms with van der Waals surface area (Å²) in [6, 6.07) is 0. The quantitative estimate of drug-likeness (QED) is 0.119. The number of rotatable bonds is 20. The summed E-state index contributed by atoms with van der Waals surface area (Å²) in [7, 11) is 0. The van der Waals surface area contributed by atoms with E-state index in [2.05, 4.69) is 13.8 Å². The highest BCUT2D eigenvalue weighted by atomic mass is 16.6. The van der Waals surface area contributed by atoms with Gasteiger partial charge in [-0.05, 0) is 25.7 Å². The van der Waals surface area contributed by atoms with E-state index in [1.165, 1.54) is 51.4 Å². The first kappa shape index (κ1) is 27.9. The van der Waals surface area contributed by atoms with Crippen LogP contribution >= 0.6 is 0 Å². The molecule has 0 unspecified atom stereocenters. The molecule has 0 amide bonds. The Bertz CT molecular complexity index is 402. The average molecular weight is 413 g/mol. The van der Waals surface area contributed by atoms with Crippen LogP contribution in [0, 0.1) is 5.41 Å². The normalized spacial score (nSPS) is 11.4. The van der Waals surface area contributed by atoms with Crippen LogP contribution in [0.15, 0.2) is 0 Å². The Morgan fingerprint density at radius 1 is 0.517 bits per heavy atom. The lowest BCUT2D eigenvalue weighted by molar-refractivity contribution is -0.173. The second-order valence-corrected chi connectivity index (χ2v) is 8.30. The van der Waals surface area contributed by atoms with E-state index < -0.39 is 17.4 Å². The van der Waals surface area contributed by atoms with E-state index >= 15 is 0 Å². The molecule has 0 atom stereocenters. The van der Waals surface area contributed by atoms with E-state index in [9.17, 15) is 9.59 Å². The largest absolute Gasteiger partial charge is 0.465 e. The topological polar surface area (TPSA) is 52.6 Å². The lowest BCUT2D eigenvalue weighted by Crippen LogP contribution is -2.41. The predicted octanol–water partition coefficient (Wildman–Crippen LogP) is 7.38. The van der Waals surface area contributed by atoms with Crippen molar-refractivity contribution in [2.24, 2.45) is 5.41 Å². The number of carbonyl (C=O) groups is 2. The van der Waals surface area contributed by atoms with Crippen LogP contribution in [0.25, 0.3) is 0 Å². The molecule has 0 N–H and O–H groups in total. The minimum Gasteiger partial charge on any atom is -0.465 e. The van der Waals surface area contributed by atoms with Gasteiger partial charge in [0.2, 0.25) is 0 Å². The van der Waals surface area contributed by atoms with Gasteiger partial charge in [-0.2, -0.15) is 0 Å². The standard InChI is InChI=1S/C25H48O4/c1-5-9-11-13-14-15-16-17-18-20-22-29-24(27)25(7-3,8-4)23(26)28-21-19-12-10-6-2/h5-22H2,1-4H3. The second kappa shape index (κ2) is 18.9. The first-order valence-corrected chi connectivity index (χ1v) is 12.4. The first-order valence-electron chi connectivity index (χ1n) is 12.4. The number of carbonyl (C=O) groups excluding carboxylic acids is 2. The summed E-state index contributed by atoms with van der Waals surface area (Å²) in [5, 5.41) is 0. The maximum absolute atomic E-state index is 12.6. The molecule has 0 aromatic carbocycles. The number of hydrogen-bond donors (Lipinski definition) is 0. The van der Waals surface area contributed by atoms with Crippen LogP contribution < -0.4 is 0 Å². The first-order chi connectivity index (χ1) is 14.1. The summed E-state index contributed by atoms with van der Waals surface area (Å²) in [5.41, 5.74) is -1.14. The fourth-order valence-corrected chi connectivity index (χ4v) is 3.64. The molecule has 0 rings (SSSR count). The van der Waals surface area contributed by atoms with Crippen molar-refractivity contribution in [3.05, 3.63) is 0 Å². The molecule has 4 heteroatoms. The summed E-state index contributed by atoms with van der Waals surface area (Å²) in [4.78, 5) is 25.2. The van der Waals surface area contributed by atoms with Gasteiger partial charge in [-0.1, -0.05) is 105 Å². The van der Waals surface area contributed by atoms with E-state index in [0.717, 1.165) is 38.5 Å². The van der Waals surface area contributed by atoms with Crippen molar-refractivity contribution in [2.45, 2.75) is 130 Å². The molecule has 0 aliphatic heterocycles. The van der Waals surface area contributed by atoms with Crippen LogP contribution in [0.3, 0.4) is 0 Å². The molecule has 0 aliphatic rings. The average Bonchev–Trinajstić information content (AvgIpc) is 2.73. The van der Waals surface area contributed by atoms with Gasteiger partial charge in [0.15, 0.2) is 5.41 Å². The van der Waals surface area contributed by atoms with Crippen LogP contribution in [0.4, 0.5) is 0 Å². The second-order valence-electron chi connectivity index (χ2n) is 8.30. The van der Waals surface area contributed by atoms with Crippen LogP contribution in [0.5, 0.6) is 0 Å². The SMILES string of the molecule is CCCCCCCCCCCCOC(=O)C(CC)(CC)C(=O)OCCCCCC. The minimum atomic E-state index is -1.14. The molecule has 0 fully saturated rings. The van der Waals surface area contributed by atoms with Gasteiger partial charge in [-0.25, -0.2) is 0 Å². The molecule has 0 aromatic rings. The number of unbranched alkanes of at least 4 members (excludes halogenated alkanes) is 12. The third-order valence-electron chi connectivity index (χ3n) is 5.95. The Morgan fingerprint density at radius 3 is 1.17 bits per heavy atom. The number of esters is 2. The minimum absolute atomic E-state index is 0.395. The van der Waals surface area contributed by atoms with Crippen LogP contribution in [-0.2, 0) is 19.1 Å². The van der Waals surface area contributed by atoms with E-state index in [4.69, 9.17) is 9.47 Å². The van der Waals surface area contributed by atoms with Gasteiger partial charge in [0.25, 0.3) is 0 Å². The third-order valence-corrected chi connectivity index (χ3v) is 5.95. The third kappa shape index (κ3) is 12.3. The van der Waals surface area contributed by atoms with Gasteiger partial charge in [0.1, 0.15) is 0 Å². The lowest BCUT2D eigenvalue weighted by Gasteiger charge is -2.27. The van der Waals surface area contributed by atoms with E-state index in [-0.39, 0.29) is 0 Å². The molecule has 0 spiro atoms. The van der Waals surface area contributed by atoms with Crippen molar-refractivity contribution in [2.75, 3.05) is 13.2 Å². The van der Waals surface area contributed by atoms with Gasteiger partial charge >= 0.3 is 11.9 Å². The molecular formula is C25H48O4. The molecule has 4 nitrogen and oxygen atoms in total. The summed E-state index contributed by atoms with van der Waals surface area (Å²) in [5.74, 6) is -0.816. The molecule has 0 saturated carbocycles. The summed E-state index contributed by atoms with van der Waals surface area (Å²) >= 11 is 0. The van der Waals surface area contributed by atoms with Crippen molar-refractivity contribution in [3.63, 3.8) is 0 Å². The van der Waals surface area contributed by atoms with Crippen LogP contribution in [-0.4, -0.2) is 25.2 Å². The lowest BCUT2D eigenvalue weighted by atomic mass is 9.82.